The Morgan fingerprint density at radius 1 is 1.39 bits per heavy atom. The highest BCUT2D eigenvalue weighted by molar-refractivity contribution is 7.89. The predicted molar refractivity (Wildman–Crippen MR) is 68.2 cm³/mol. The Labute approximate surface area is 105 Å². The molecule has 0 amide bonds. The van der Waals surface area contributed by atoms with Crippen LogP contribution in [0.3, 0.4) is 0 Å². The van der Waals surface area contributed by atoms with Crippen molar-refractivity contribution in [2.75, 3.05) is 5.73 Å². The fraction of sp³-hybridized carbons (Fsp3) is 0.182. The minimum absolute atomic E-state index is 0.173. The van der Waals surface area contributed by atoms with Crippen LogP contribution in [0.15, 0.2) is 35.4 Å². The Bertz CT molecular complexity index is 635. The number of nitrogens with one attached hydrogen (secondary N) is 2. The molecule has 0 saturated carbocycles. The van der Waals surface area contributed by atoms with E-state index in [1.807, 2.05) is 0 Å². The molecule has 2 aromatic rings. The molecule has 7 heteroatoms. The maximum absolute atomic E-state index is 12.1. The lowest BCUT2D eigenvalue weighted by molar-refractivity contribution is 0.580. The third-order valence-corrected chi connectivity index (χ3v) is 4.06. The van der Waals surface area contributed by atoms with Crippen molar-refractivity contribution in [2.24, 2.45) is 0 Å². The van der Waals surface area contributed by atoms with Gasteiger partial charge in [0.2, 0.25) is 10.0 Å². The number of nitrogen functional groups attached to an aromatic ring is 1. The average molecular weight is 266 g/mol. The molecule has 0 saturated heterocycles. The Kier molecular flexibility index (Phi) is 3.35. The van der Waals surface area contributed by atoms with Crippen molar-refractivity contribution >= 4 is 15.7 Å². The number of anilines is 1. The average Bonchev–Trinajstić information content (AvgIpc) is 2.78. The van der Waals surface area contributed by atoms with Crippen molar-refractivity contribution in [3.05, 3.63) is 41.7 Å². The monoisotopic (exact) mass is 266 g/mol. The number of rotatable bonds is 4. The zero-order valence-corrected chi connectivity index (χ0v) is 10.7. The second-order valence-electron chi connectivity index (χ2n) is 3.93. The second-order valence-corrected chi connectivity index (χ2v) is 5.67. The van der Waals surface area contributed by atoms with Gasteiger partial charge < -0.3 is 5.73 Å². The lowest BCUT2D eigenvalue weighted by Gasteiger charge is -2.09. The lowest BCUT2D eigenvalue weighted by Crippen LogP contribution is -2.24. The largest absolute Gasteiger partial charge is 0.399 e. The van der Waals surface area contributed by atoms with Crippen LogP contribution in [0, 0.1) is 6.92 Å². The summed E-state index contributed by atoms with van der Waals surface area (Å²) in [6, 6.07) is 6.40. The van der Waals surface area contributed by atoms with E-state index in [0.717, 1.165) is 0 Å². The molecule has 2 rings (SSSR count). The van der Waals surface area contributed by atoms with Crippen LogP contribution >= 0.6 is 0 Å². The zero-order chi connectivity index (χ0) is 13.2. The molecule has 0 aliphatic rings. The van der Waals surface area contributed by atoms with Crippen molar-refractivity contribution in [2.45, 2.75) is 18.4 Å². The van der Waals surface area contributed by atoms with Crippen LogP contribution < -0.4 is 10.5 Å². The van der Waals surface area contributed by atoms with Gasteiger partial charge in [-0.3, -0.25) is 5.10 Å². The lowest BCUT2D eigenvalue weighted by atomic mass is 10.2. The number of hydrogen-bond acceptors (Lipinski definition) is 4. The van der Waals surface area contributed by atoms with Crippen molar-refractivity contribution in [3.8, 4) is 0 Å². The van der Waals surface area contributed by atoms with E-state index in [-0.39, 0.29) is 11.4 Å². The first kappa shape index (κ1) is 12.6. The Morgan fingerprint density at radius 2 is 2.17 bits per heavy atom. The SMILES string of the molecule is Cc1cc(N)ccc1S(=O)(=O)NCc1ccn[nH]1. The summed E-state index contributed by atoms with van der Waals surface area (Å²) in [4.78, 5) is 0.233. The van der Waals surface area contributed by atoms with Gasteiger partial charge in [-0.05, 0) is 36.8 Å². The van der Waals surface area contributed by atoms with Crippen LogP contribution in [-0.2, 0) is 16.6 Å². The van der Waals surface area contributed by atoms with Crippen molar-refractivity contribution in [1.29, 1.82) is 0 Å². The van der Waals surface area contributed by atoms with E-state index >= 15 is 0 Å². The minimum atomic E-state index is -3.54. The van der Waals surface area contributed by atoms with Crippen LogP contribution in [0.5, 0.6) is 0 Å². The number of aromatic amines is 1. The van der Waals surface area contributed by atoms with Crippen LogP contribution in [-0.4, -0.2) is 18.6 Å². The fourth-order valence-electron chi connectivity index (χ4n) is 1.61. The van der Waals surface area contributed by atoms with Gasteiger partial charge >= 0.3 is 0 Å². The summed E-state index contributed by atoms with van der Waals surface area (Å²) in [6.45, 7) is 1.88. The van der Waals surface area contributed by atoms with Crippen LogP contribution in [0.25, 0.3) is 0 Å². The highest BCUT2D eigenvalue weighted by Crippen LogP contribution is 2.17. The summed E-state index contributed by atoms with van der Waals surface area (Å²) in [7, 11) is -3.54. The van der Waals surface area contributed by atoms with E-state index in [4.69, 9.17) is 5.73 Å². The zero-order valence-electron chi connectivity index (χ0n) is 9.84. The summed E-state index contributed by atoms with van der Waals surface area (Å²) in [6.07, 6.45) is 1.57. The number of nitrogens with zero attached hydrogens (tertiary/aromatic N) is 1. The standard InChI is InChI=1S/C11H14N4O2S/c1-8-6-9(12)2-3-11(8)18(16,17)14-7-10-4-5-13-15-10/h2-6,14H,7,12H2,1H3,(H,13,15). The van der Waals surface area contributed by atoms with Gasteiger partial charge in [0.1, 0.15) is 0 Å². The molecule has 1 aromatic heterocycles. The molecule has 0 atom stereocenters. The van der Waals surface area contributed by atoms with Gasteiger partial charge in [-0.1, -0.05) is 0 Å². The van der Waals surface area contributed by atoms with Crippen LogP contribution in [0.1, 0.15) is 11.3 Å². The summed E-state index contributed by atoms with van der Waals surface area (Å²) >= 11 is 0. The van der Waals surface area contributed by atoms with Gasteiger partial charge in [-0.25, -0.2) is 13.1 Å². The molecule has 0 bridgehead atoms. The normalized spacial score (nSPS) is 11.6. The number of sulfonamides is 1. The number of aromatic nitrogens is 2. The third kappa shape index (κ3) is 2.69. The van der Waals surface area contributed by atoms with E-state index in [9.17, 15) is 8.42 Å². The molecule has 4 N–H and O–H groups in total. The molecule has 0 spiro atoms. The quantitative estimate of drug-likeness (QED) is 0.712. The van der Waals surface area contributed by atoms with E-state index in [1.54, 1.807) is 31.3 Å². The van der Waals surface area contributed by atoms with E-state index in [0.29, 0.717) is 16.9 Å². The van der Waals surface area contributed by atoms with Crippen molar-refractivity contribution in [1.82, 2.24) is 14.9 Å². The third-order valence-electron chi connectivity index (χ3n) is 2.50. The molecule has 0 fully saturated rings. The van der Waals surface area contributed by atoms with Crippen molar-refractivity contribution in [3.63, 3.8) is 0 Å². The van der Waals surface area contributed by atoms with Gasteiger partial charge in [-0.15, -0.1) is 0 Å². The summed E-state index contributed by atoms with van der Waals surface area (Å²) < 4.78 is 26.6. The predicted octanol–water partition coefficient (Wildman–Crippen LogP) is 0.779. The maximum atomic E-state index is 12.1. The van der Waals surface area contributed by atoms with Gasteiger partial charge in [-0.2, -0.15) is 5.10 Å². The smallest absolute Gasteiger partial charge is 0.241 e. The molecular weight excluding hydrogens is 252 g/mol. The molecule has 96 valence electrons. The number of H-pyrrole nitrogens is 1. The second kappa shape index (κ2) is 4.79. The van der Waals surface area contributed by atoms with Crippen LogP contribution in [0.2, 0.25) is 0 Å². The Hall–Kier alpha value is -1.86. The van der Waals surface area contributed by atoms with E-state index in [1.165, 1.54) is 6.07 Å². The minimum Gasteiger partial charge on any atom is -0.399 e. The fourth-order valence-corrected chi connectivity index (χ4v) is 2.84. The first-order valence-electron chi connectivity index (χ1n) is 5.33. The van der Waals surface area contributed by atoms with Gasteiger partial charge in [0.15, 0.2) is 0 Å². The van der Waals surface area contributed by atoms with Crippen molar-refractivity contribution < 1.29 is 8.42 Å². The molecule has 0 aliphatic carbocycles. The summed E-state index contributed by atoms with van der Waals surface area (Å²) in [5.41, 5.74) is 7.45. The topological polar surface area (TPSA) is 101 Å². The Balaban J connectivity index is 2.20. The highest BCUT2D eigenvalue weighted by Gasteiger charge is 2.16. The molecule has 1 aromatic carbocycles. The summed E-state index contributed by atoms with van der Waals surface area (Å²) in [5, 5.41) is 6.44. The molecule has 0 unspecified atom stereocenters. The van der Waals surface area contributed by atoms with Crippen LogP contribution in [0.4, 0.5) is 5.69 Å². The van der Waals surface area contributed by atoms with E-state index in [2.05, 4.69) is 14.9 Å². The number of nitrogens with two attached hydrogens (primary N) is 1. The summed E-state index contributed by atoms with van der Waals surface area (Å²) in [5.74, 6) is 0. The maximum Gasteiger partial charge on any atom is 0.241 e. The van der Waals surface area contributed by atoms with Gasteiger partial charge in [0.25, 0.3) is 0 Å². The molecule has 6 nitrogen and oxygen atoms in total. The van der Waals surface area contributed by atoms with Gasteiger partial charge in [0.05, 0.1) is 17.1 Å². The molecule has 1 heterocycles. The number of aryl methyl sites for hydroxylation is 1. The number of benzene rings is 1. The molecular formula is C11H14N4O2S. The van der Waals surface area contributed by atoms with Gasteiger partial charge in [0, 0.05) is 11.9 Å². The first-order chi connectivity index (χ1) is 8.49. The molecule has 0 radical (unpaired) electrons. The number of hydrogen-bond donors (Lipinski definition) is 3. The highest BCUT2D eigenvalue weighted by atomic mass is 32.2. The Morgan fingerprint density at radius 3 is 2.78 bits per heavy atom. The first-order valence-corrected chi connectivity index (χ1v) is 6.81. The molecule has 18 heavy (non-hydrogen) atoms. The van der Waals surface area contributed by atoms with E-state index < -0.39 is 10.0 Å². The molecule has 0 aliphatic heterocycles.